The number of fused-ring (bicyclic) bond motifs is 1. The lowest BCUT2D eigenvalue weighted by Crippen LogP contribution is -2.07. The Labute approximate surface area is 130 Å². The average Bonchev–Trinajstić information content (AvgIpc) is 2.75. The molecule has 0 saturated carbocycles. The third-order valence-corrected chi connectivity index (χ3v) is 4.20. The van der Waals surface area contributed by atoms with Gasteiger partial charge >= 0.3 is 5.97 Å². The molecule has 0 aliphatic rings. The second kappa shape index (κ2) is 6.49. The first kappa shape index (κ1) is 15.9. The molecule has 2 aromatic rings. The first-order valence-electron chi connectivity index (χ1n) is 6.26. The largest absolute Gasteiger partial charge is 0.481 e. The standard InChI is InChI=1S/C14H14ClFN2O2S/c1-3-4-8(2)18-12-5-9(15)10(16)6-11(12)17-14(18)21-7-13(19)20/h3,5-6,8H,1,4,7H2,2H3,(H,19,20). The predicted octanol–water partition coefficient (Wildman–Crippen LogP) is 4.14. The Hall–Kier alpha value is -1.53. The number of carboxylic acid groups (broad SMARTS) is 1. The lowest BCUT2D eigenvalue weighted by atomic mass is 10.2. The van der Waals surface area contributed by atoms with Gasteiger partial charge in [-0.15, -0.1) is 6.58 Å². The van der Waals surface area contributed by atoms with E-state index in [9.17, 15) is 9.18 Å². The number of halogens is 2. The number of aromatic nitrogens is 2. The highest BCUT2D eigenvalue weighted by atomic mass is 35.5. The Morgan fingerprint density at radius 3 is 3.00 bits per heavy atom. The number of allylic oxidation sites excluding steroid dienone is 1. The Balaban J connectivity index is 2.56. The van der Waals surface area contributed by atoms with Crippen LogP contribution in [0, 0.1) is 5.82 Å². The summed E-state index contributed by atoms with van der Waals surface area (Å²) >= 11 is 6.94. The van der Waals surface area contributed by atoms with Crippen molar-refractivity contribution in [3.63, 3.8) is 0 Å². The summed E-state index contributed by atoms with van der Waals surface area (Å²) in [6.45, 7) is 5.67. The molecule has 7 heteroatoms. The topological polar surface area (TPSA) is 55.1 Å². The van der Waals surface area contributed by atoms with Gasteiger partial charge in [0.25, 0.3) is 0 Å². The summed E-state index contributed by atoms with van der Waals surface area (Å²) in [6, 6.07) is 2.80. The number of nitrogens with zero attached hydrogens (tertiary/aromatic N) is 2. The Morgan fingerprint density at radius 2 is 2.38 bits per heavy atom. The SMILES string of the molecule is C=CCC(C)n1c(SCC(=O)O)nc2cc(F)c(Cl)cc21. The summed E-state index contributed by atoms with van der Waals surface area (Å²) < 4.78 is 15.4. The number of imidazole rings is 1. The van der Waals surface area contributed by atoms with Crippen LogP contribution in [0.3, 0.4) is 0 Å². The fourth-order valence-electron chi connectivity index (χ4n) is 2.07. The molecule has 1 atom stereocenters. The van der Waals surface area contributed by atoms with Crippen LogP contribution >= 0.6 is 23.4 Å². The van der Waals surface area contributed by atoms with Crippen LogP contribution in [0.4, 0.5) is 4.39 Å². The second-order valence-electron chi connectivity index (χ2n) is 4.58. The van der Waals surface area contributed by atoms with E-state index < -0.39 is 11.8 Å². The van der Waals surface area contributed by atoms with Crippen molar-refractivity contribution in [3.05, 3.63) is 35.6 Å². The molecule has 4 nitrogen and oxygen atoms in total. The van der Waals surface area contributed by atoms with Crippen LogP contribution in [-0.4, -0.2) is 26.4 Å². The highest BCUT2D eigenvalue weighted by Gasteiger charge is 2.18. The molecule has 0 fully saturated rings. The van der Waals surface area contributed by atoms with Crippen LogP contribution in [0.2, 0.25) is 5.02 Å². The zero-order valence-corrected chi connectivity index (χ0v) is 12.9. The highest BCUT2D eigenvalue weighted by Crippen LogP contribution is 2.31. The summed E-state index contributed by atoms with van der Waals surface area (Å²) in [5.41, 5.74) is 1.14. The molecular weight excluding hydrogens is 315 g/mol. The van der Waals surface area contributed by atoms with Crippen molar-refractivity contribution in [2.75, 3.05) is 5.75 Å². The first-order chi connectivity index (χ1) is 9.93. The molecular formula is C14H14ClFN2O2S. The molecule has 0 amide bonds. The monoisotopic (exact) mass is 328 g/mol. The highest BCUT2D eigenvalue weighted by molar-refractivity contribution is 7.99. The number of benzene rings is 1. The van der Waals surface area contributed by atoms with Gasteiger partial charge in [-0.3, -0.25) is 4.79 Å². The lowest BCUT2D eigenvalue weighted by molar-refractivity contribution is -0.133. The number of carbonyl (C=O) groups is 1. The zero-order chi connectivity index (χ0) is 15.6. The molecule has 0 spiro atoms. The number of carboxylic acids is 1. The normalized spacial score (nSPS) is 12.5. The van der Waals surface area contributed by atoms with E-state index in [-0.39, 0.29) is 16.8 Å². The van der Waals surface area contributed by atoms with Crippen LogP contribution < -0.4 is 0 Å². The maximum Gasteiger partial charge on any atom is 0.313 e. The second-order valence-corrected chi connectivity index (χ2v) is 5.92. The smallest absolute Gasteiger partial charge is 0.313 e. The molecule has 112 valence electrons. The zero-order valence-electron chi connectivity index (χ0n) is 11.3. The van der Waals surface area contributed by atoms with E-state index in [4.69, 9.17) is 16.7 Å². The van der Waals surface area contributed by atoms with E-state index in [1.54, 1.807) is 6.08 Å². The van der Waals surface area contributed by atoms with E-state index in [1.165, 1.54) is 12.1 Å². The number of hydrogen-bond acceptors (Lipinski definition) is 3. The lowest BCUT2D eigenvalue weighted by Gasteiger charge is -2.15. The van der Waals surface area contributed by atoms with Crippen LogP contribution in [0.1, 0.15) is 19.4 Å². The van der Waals surface area contributed by atoms with Crippen molar-refractivity contribution >= 4 is 40.4 Å². The number of hydrogen-bond donors (Lipinski definition) is 1. The molecule has 1 heterocycles. The van der Waals surface area contributed by atoms with Gasteiger partial charge in [-0.05, 0) is 19.4 Å². The molecule has 1 N–H and O–H groups in total. The third kappa shape index (κ3) is 3.39. The first-order valence-corrected chi connectivity index (χ1v) is 7.63. The van der Waals surface area contributed by atoms with Crippen molar-refractivity contribution < 1.29 is 14.3 Å². The van der Waals surface area contributed by atoms with Crippen LogP contribution in [-0.2, 0) is 4.79 Å². The van der Waals surface area contributed by atoms with E-state index in [1.807, 2.05) is 11.5 Å². The van der Waals surface area contributed by atoms with Gasteiger partial charge < -0.3 is 9.67 Å². The molecule has 0 bridgehead atoms. The molecule has 0 radical (unpaired) electrons. The molecule has 2 rings (SSSR count). The van der Waals surface area contributed by atoms with Crippen molar-refractivity contribution in [2.24, 2.45) is 0 Å². The van der Waals surface area contributed by atoms with Crippen LogP contribution in [0.5, 0.6) is 0 Å². The van der Waals surface area contributed by atoms with E-state index in [0.29, 0.717) is 22.6 Å². The molecule has 0 aliphatic carbocycles. The fourth-order valence-corrected chi connectivity index (χ4v) is 3.06. The van der Waals surface area contributed by atoms with Crippen molar-refractivity contribution in [1.29, 1.82) is 0 Å². The van der Waals surface area contributed by atoms with Crippen molar-refractivity contribution in [2.45, 2.75) is 24.5 Å². The molecule has 0 aliphatic heterocycles. The van der Waals surface area contributed by atoms with Gasteiger partial charge in [-0.2, -0.15) is 0 Å². The van der Waals surface area contributed by atoms with E-state index >= 15 is 0 Å². The third-order valence-electron chi connectivity index (χ3n) is 2.97. The minimum Gasteiger partial charge on any atom is -0.481 e. The molecule has 1 aromatic carbocycles. The fraction of sp³-hybridized carbons (Fsp3) is 0.286. The van der Waals surface area contributed by atoms with E-state index in [0.717, 1.165) is 11.8 Å². The van der Waals surface area contributed by atoms with Gasteiger partial charge in [-0.25, -0.2) is 9.37 Å². The minimum atomic E-state index is -0.931. The number of thioether (sulfide) groups is 1. The van der Waals surface area contributed by atoms with Crippen LogP contribution in [0.15, 0.2) is 29.9 Å². The summed E-state index contributed by atoms with van der Waals surface area (Å²) in [5, 5.41) is 9.36. The van der Waals surface area contributed by atoms with Crippen molar-refractivity contribution in [3.8, 4) is 0 Å². The summed E-state index contributed by atoms with van der Waals surface area (Å²) in [4.78, 5) is 15.1. The van der Waals surface area contributed by atoms with Crippen molar-refractivity contribution in [1.82, 2.24) is 9.55 Å². The van der Waals surface area contributed by atoms with Gasteiger partial charge in [0.2, 0.25) is 0 Å². The summed E-state index contributed by atoms with van der Waals surface area (Å²) in [5.74, 6) is -1.58. The van der Waals surface area contributed by atoms with Gasteiger partial charge in [0.05, 0.1) is 21.8 Å². The van der Waals surface area contributed by atoms with E-state index in [2.05, 4.69) is 11.6 Å². The van der Waals surface area contributed by atoms with Gasteiger partial charge in [0.1, 0.15) is 5.82 Å². The maximum absolute atomic E-state index is 13.6. The predicted molar refractivity (Wildman–Crippen MR) is 82.6 cm³/mol. The molecule has 0 saturated heterocycles. The minimum absolute atomic E-state index is 0.0178. The van der Waals surface area contributed by atoms with Gasteiger partial charge in [0, 0.05) is 12.1 Å². The molecule has 1 aromatic heterocycles. The average molecular weight is 329 g/mol. The Morgan fingerprint density at radius 1 is 1.67 bits per heavy atom. The van der Waals surface area contributed by atoms with Gasteiger partial charge in [-0.1, -0.05) is 29.4 Å². The number of rotatable bonds is 6. The Kier molecular flexibility index (Phi) is 4.90. The Bertz CT molecular complexity index is 702. The molecule has 21 heavy (non-hydrogen) atoms. The summed E-state index contributed by atoms with van der Waals surface area (Å²) in [7, 11) is 0. The van der Waals surface area contributed by atoms with Crippen LogP contribution in [0.25, 0.3) is 11.0 Å². The quantitative estimate of drug-likeness (QED) is 0.639. The van der Waals surface area contributed by atoms with Gasteiger partial charge in [0.15, 0.2) is 5.16 Å². The maximum atomic E-state index is 13.6. The summed E-state index contributed by atoms with van der Waals surface area (Å²) in [6.07, 6.45) is 2.45. The molecule has 1 unspecified atom stereocenters. The number of aliphatic carboxylic acids is 1.